The number of nitrogens with one attached hydrogen (secondary N) is 2. The SMILES string of the molecule is COc1ccc(CNc2cc(NC(C)C)ncn2)cc1OC. The molecule has 0 radical (unpaired) electrons. The van der Waals surface area contributed by atoms with Gasteiger partial charge in [-0.3, -0.25) is 0 Å². The van der Waals surface area contributed by atoms with Crippen molar-refractivity contribution in [2.45, 2.75) is 26.4 Å². The van der Waals surface area contributed by atoms with Crippen LogP contribution in [0.25, 0.3) is 0 Å². The van der Waals surface area contributed by atoms with E-state index in [0.717, 1.165) is 22.9 Å². The standard InChI is InChI=1S/C16H22N4O2/c1-11(2)20-16-8-15(18-10-19-16)17-9-12-5-6-13(21-3)14(7-12)22-4/h5-8,10-11H,9H2,1-4H3,(H2,17,18,19,20). The number of nitrogens with zero attached hydrogens (tertiary/aromatic N) is 2. The zero-order valence-electron chi connectivity index (χ0n) is 13.4. The van der Waals surface area contributed by atoms with Crippen LogP contribution in [0.1, 0.15) is 19.4 Å². The zero-order valence-corrected chi connectivity index (χ0v) is 13.4. The summed E-state index contributed by atoms with van der Waals surface area (Å²) >= 11 is 0. The number of rotatable bonds is 7. The van der Waals surface area contributed by atoms with Crippen LogP contribution in [0, 0.1) is 0 Å². The molecule has 0 atom stereocenters. The van der Waals surface area contributed by atoms with Crippen LogP contribution in [0.3, 0.4) is 0 Å². The van der Waals surface area contributed by atoms with E-state index in [9.17, 15) is 0 Å². The molecule has 1 heterocycles. The first-order valence-corrected chi connectivity index (χ1v) is 7.15. The molecule has 0 aliphatic rings. The smallest absolute Gasteiger partial charge is 0.161 e. The number of aromatic nitrogens is 2. The predicted octanol–water partition coefficient (Wildman–Crippen LogP) is 2.93. The molecule has 0 unspecified atom stereocenters. The van der Waals surface area contributed by atoms with Gasteiger partial charge in [0.25, 0.3) is 0 Å². The molecule has 0 fully saturated rings. The molecular weight excluding hydrogens is 280 g/mol. The lowest BCUT2D eigenvalue weighted by atomic mass is 10.2. The average Bonchev–Trinajstić information content (AvgIpc) is 2.52. The van der Waals surface area contributed by atoms with Crippen molar-refractivity contribution in [3.05, 3.63) is 36.2 Å². The van der Waals surface area contributed by atoms with E-state index in [2.05, 4.69) is 34.4 Å². The summed E-state index contributed by atoms with van der Waals surface area (Å²) in [6.45, 7) is 4.77. The maximum absolute atomic E-state index is 5.30. The topological polar surface area (TPSA) is 68.3 Å². The van der Waals surface area contributed by atoms with E-state index in [1.165, 1.54) is 0 Å². The third kappa shape index (κ3) is 4.25. The highest BCUT2D eigenvalue weighted by molar-refractivity contribution is 5.48. The van der Waals surface area contributed by atoms with E-state index < -0.39 is 0 Å². The highest BCUT2D eigenvalue weighted by atomic mass is 16.5. The largest absolute Gasteiger partial charge is 0.493 e. The van der Waals surface area contributed by atoms with Crippen molar-refractivity contribution in [1.82, 2.24) is 9.97 Å². The van der Waals surface area contributed by atoms with Crippen molar-refractivity contribution in [1.29, 1.82) is 0 Å². The molecule has 118 valence electrons. The second-order valence-electron chi connectivity index (χ2n) is 5.13. The Morgan fingerprint density at radius 2 is 1.73 bits per heavy atom. The molecule has 0 aliphatic heterocycles. The number of anilines is 2. The molecule has 1 aromatic carbocycles. The Labute approximate surface area is 130 Å². The summed E-state index contributed by atoms with van der Waals surface area (Å²) < 4.78 is 10.5. The van der Waals surface area contributed by atoms with Crippen molar-refractivity contribution in [3.8, 4) is 11.5 Å². The Morgan fingerprint density at radius 1 is 1.00 bits per heavy atom. The third-order valence-electron chi connectivity index (χ3n) is 3.03. The van der Waals surface area contributed by atoms with Gasteiger partial charge in [-0.25, -0.2) is 9.97 Å². The maximum Gasteiger partial charge on any atom is 0.161 e. The van der Waals surface area contributed by atoms with Crippen molar-refractivity contribution < 1.29 is 9.47 Å². The lowest BCUT2D eigenvalue weighted by Crippen LogP contribution is -2.11. The second kappa shape index (κ2) is 7.49. The van der Waals surface area contributed by atoms with Gasteiger partial charge >= 0.3 is 0 Å². The van der Waals surface area contributed by atoms with Crippen LogP contribution in [0.5, 0.6) is 11.5 Å². The van der Waals surface area contributed by atoms with Crippen molar-refractivity contribution in [2.24, 2.45) is 0 Å². The van der Waals surface area contributed by atoms with Gasteiger partial charge in [0, 0.05) is 18.7 Å². The van der Waals surface area contributed by atoms with Gasteiger partial charge in [-0.1, -0.05) is 6.07 Å². The fourth-order valence-corrected chi connectivity index (χ4v) is 2.01. The van der Waals surface area contributed by atoms with Gasteiger partial charge in [0.2, 0.25) is 0 Å². The molecule has 0 amide bonds. The lowest BCUT2D eigenvalue weighted by molar-refractivity contribution is 0.354. The number of benzene rings is 1. The van der Waals surface area contributed by atoms with Crippen LogP contribution in [-0.4, -0.2) is 30.2 Å². The Hall–Kier alpha value is -2.50. The number of methoxy groups -OCH3 is 2. The quantitative estimate of drug-likeness (QED) is 0.819. The van der Waals surface area contributed by atoms with E-state index in [4.69, 9.17) is 9.47 Å². The molecule has 1 aromatic heterocycles. The van der Waals surface area contributed by atoms with Gasteiger partial charge in [0.15, 0.2) is 11.5 Å². The van der Waals surface area contributed by atoms with Gasteiger partial charge < -0.3 is 20.1 Å². The summed E-state index contributed by atoms with van der Waals surface area (Å²) in [7, 11) is 3.25. The Kier molecular flexibility index (Phi) is 5.41. The van der Waals surface area contributed by atoms with Gasteiger partial charge in [-0.05, 0) is 31.5 Å². The van der Waals surface area contributed by atoms with Gasteiger partial charge in [-0.15, -0.1) is 0 Å². The molecule has 0 saturated carbocycles. The van der Waals surface area contributed by atoms with Crippen LogP contribution in [0.15, 0.2) is 30.6 Å². The number of hydrogen-bond acceptors (Lipinski definition) is 6. The molecular formula is C16H22N4O2. The van der Waals surface area contributed by atoms with E-state index in [1.54, 1.807) is 20.5 Å². The van der Waals surface area contributed by atoms with Crippen molar-refractivity contribution in [2.75, 3.05) is 24.9 Å². The molecule has 0 spiro atoms. The minimum Gasteiger partial charge on any atom is -0.493 e. The lowest BCUT2D eigenvalue weighted by Gasteiger charge is -2.12. The first kappa shape index (κ1) is 15.9. The van der Waals surface area contributed by atoms with Crippen LogP contribution in [0.2, 0.25) is 0 Å². The monoisotopic (exact) mass is 302 g/mol. The summed E-state index contributed by atoms with van der Waals surface area (Å²) in [6.07, 6.45) is 1.54. The van der Waals surface area contributed by atoms with E-state index in [0.29, 0.717) is 18.3 Å². The average molecular weight is 302 g/mol. The second-order valence-corrected chi connectivity index (χ2v) is 5.13. The summed E-state index contributed by atoms with van der Waals surface area (Å²) in [5.74, 6) is 3.01. The summed E-state index contributed by atoms with van der Waals surface area (Å²) in [4.78, 5) is 8.41. The summed E-state index contributed by atoms with van der Waals surface area (Å²) in [6, 6.07) is 8.04. The maximum atomic E-state index is 5.30. The van der Waals surface area contributed by atoms with Gasteiger partial charge in [0.1, 0.15) is 18.0 Å². The zero-order chi connectivity index (χ0) is 15.9. The van der Waals surface area contributed by atoms with Gasteiger partial charge in [0.05, 0.1) is 14.2 Å². The summed E-state index contributed by atoms with van der Waals surface area (Å²) in [5, 5.41) is 6.52. The minimum atomic E-state index is 0.327. The molecule has 6 heteroatoms. The summed E-state index contributed by atoms with van der Waals surface area (Å²) in [5.41, 5.74) is 1.08. The molecule has 0 bridgehead atoms. The van der Waals surface area contributed by atoms with Crippen molar-refractivity contribution in [3.63, 3.8) is 0 Å². The highest BCUT2D eigenvalue weighted by Gasteiger charge is 2.05. The molecule has 0 saturated heterocycles. The fraction of sp³-hybridized carbons (Fsp3) is 0.375. The Morgan fingerprint density at radius 3 is 2.41 bits per heavy atom. The van der Waals surface area contributed by atoms with Crippen LogP contribution < -0.4 is 20.1 Å². The molecule has 2 aromatic rings. The van der Waals surface area contributed by atoms with Crippen LogP contribution in [-0.2, 0) is 6.54 Å². The highest BCUT2D eigenvalue weighted by Crippen LogP contribution is 2.27. The van der Waals surface area contributed by atoms with E-state index >= 15 is 0 Å². The van der Waals surface area contributed by atoms with Crippen LogP contribution in [0.4, 0.5) is 11.6 Å². The fourth-order valence-electron chi connectivity index (χ4n) is 2.01. The molecule has 2 rings (SSSR count). The molecule has 0 aliphatic carbocycles. The molecule has 2 N–H and O–H groups in total. The Bertz CT molecular complexity index is 617. The first-order valence-electron chi connectivity index (χ1n) is 7.15. The van der Waals surface area contributed by atoms with Crippen molar-refractivity contribution >= 4 is 11.6 Å². The van der Waals surface area contributed by atoms with Gasteiger partial charge in [-0.2, -0.15) is 0 Å². The number of hydrogen-bond donors (Lipinski definition) is 2. The Balaban J connectivity index is 2.03. The van der Waals surface area contributed by atoms with E-state index in [-0.39, 0.29) is 0 Å². The number of ether oxygens (including phenoxy) is 2. The third-order valence-corrected chi connectivity index (χ3v) is 3.03. The van der Waals surface area contributed by atoms with Crippen LogP contribution >= 0.6 is 0 Å². The predicted molar refractivity (Wildman–Crippen MR) is 87.7 cm³/mol. The normalized spacial score (nSPS) is 10.4. The minimum absolute atomic E-state index is 0.327. The molecule has 22 heavy (non-hydrogen) atoms. The first-order chi connectivity index (χ1) is 10.6. The molecule has 6 nitrogen and oxygen atoms in total. The van der Waals surface area contributed by atoms with E-state index in [1.807, 2.05) is 24.3 Å².